The number of hydrogen-bond acceptors (Lipinski definition) is 5. The maximum Gasteiger partial charge on any atom is 0.241 e. The molecule has 1 saturated heterocycles. The number of carbonyl (C=O) groups excluding carboxylic acids is 1. The summed E-state index contributed by atoms with van der Waals surface area (Å²) in [7, 11) is 3.96. The molecule has 1 aromatic heterocycles. The number of hydrogen-bond donors (Lipinski definition) is 1. The third kappa shape index (κ3) is 4.32. The number of ether oxygens (including phenoxy) is 1. The lowest BCUT2D eigenvalue weighted by Crippen LogP contribution is -2.39. The summed E-state index contributed by atoms with van der Waals surface area (Å²) in [6, 6.07) is 15.8. The van der Waals surface area contributed by atoms with Gasteiger partial charge in [0, 0.05) is 31.5 Å². The Kier molecular flexibility index (Phi) is 6.01. The van der Waals surface area contributed by atoms with Gasteiger partial charge in [0.1, 0.15) is 5.82 Å². The van der Waals surface area contributed by atoms with E-state index in [1.165, 1.54) is 0 Å². The summed E-state index contributed by atoms with van der Waals surface area (Å²) in [6.07, 6.45) is 0. The smallest absolute Gasteiger partial charge is 0.241 e. The van der Waals surface area contributed by atoms with Crippen LogP contribution in [0.5, 0.6) is 0 Å². The van der Waals surface area contributed by atoms with Crippen molar-refractivity contribution in [2.45, 2.75) is 19.5 Å². The van der Waals surface area contributed by atoms with Crippen molar-refractivity contribution in [1.29, 1.82) is 0 Å². The van der Waals surface area contributed by atoms with Gasteiger partial charge in [-0.05, 0) is 50.4 Å². The Labute approximate surface area is 177 Å². The Bertz CT molecular complexity index is 1010. The number of para-hydroxylation sites is 2. The molecule has 4 rings (SSSR count). The molecule has 2 heterocycles. The first-order valence-electron chi connectivity index (χ1n) is 10.4. The molecular formula is C23H29N5O2. The van der Waals surface area contributed by atoms with E-state index in [4.69, 9.17) is 9.72 Å². The minimum atomic E-state index is -0.288. The maximum absolute atomic E-state index is 12.8. The van der Waals surface area contributed by atoms with E-state index in [0.29, 0.717) is 6.54 Å². The summed E-state index contributed by atoms with van der Waals surface area (Å²) in [5.74, 6) is 0.906. The summed E-state index contributed by atoms with van der Waals surface area (Å²) in [5.41, 5.74) is 4.03. The van der Waals surface area contributed by atoms with Gasteiger partial charge in [-0.2, -0.15) is 0 Å². The highest BCUT2D eigenvalue weighted by Gasteiger charge is 2.20. The molecule has 0 bridgehead atoms. The zero-order valence-corrected chi connectivity index (χ0v) is 17.8. The van der Waals surface area contributed by atoms with Crippen LogP contribution in [0.1, 0.15) is 12.7 Å². The minimum Gasteiger partial charge on any atom is -0.378 e. The first-order chi connectivity index (χ1) is 14.5. The molecule has 0 spiro atoms. The molecule has 158 valence electrons. The third-order valence-corrected chi connectivity index (χ3v) is 5.82. The van der Waals surface area contributed by atoms with Crippen LogP contribution in [-0.2, 0) is 23.1 Å². The third-order valence-electron chi connectivity index (χ3n) is 5.82. The fourth-order valence-corrected chi connectivity index (χ4v) is 3.72. The summed E-state index contributed by atoms with van der Waals surface area (Å²) in [5, 5.41) is 3.03. The fourth-order valence-electron chi connectivity index (χ4n) is 3.72. The highest BCUT2D eigenvalue weighted by Crippen LogP contribution is 2.20. The van der Waals surface area contributed by atoms with Gasteiger partial charge in [0.2, 0.25) is 5.91 Å². The number of benzene rings is 2. The molecule has 2 aromatic carbocycles. The lowest BCUT2D eigenvalue weighted by Gasteiger charge is -2.29. The molecule has 0 radical (unpaired) electrons. The lowest BCUT2D eigenvalue weighted by molar-refractivity contribution is -0.120. The molecule has 1 fully saturated rings. The maximum atomic E-state index is 12.8. The van der Waals surface area contributed by atoms with Crippen LogP contribution in [0.4, 0.5) is 11.4 Å². The van der Waals surface area contributed by atoms with Crippen molar-refractivity contribution in [2.75, 3.05) is 43.6 Å². The molecule has 1 aliphatic rings. The molecule has 0 saturated carbocycles. The van der Waals surface area contributed by atoms with E-state index in [2.05, 4.69) is 33.0 Å². The van der Waals surface area contributed by atoms with Crippen LogP contribution in [-0.4, -0.2) is 59.8 Å². The molecular weight excluding hydrogens is 378 g/mol. The second kappa shape index (κ2) is 8.85. The normalized spacial score (nSPS) is 15.5. The van der Waals surface area contributed by atoms with Crippen LogP contribution in [0.3, 0.4) is 0 Å². The lowest BCUT2D eigenvalue weighted by atomic mass is 10.2. The number of amides is 1. The van der Waals surface area contributed by atoms with Crippen LogP contribution in [0.25, 0.3) is 11.0 Å². The molecule has 0 aliphatic carbocycles. The molecule has 30 heavy (non-hydrogen) atoms. The van der Waals surface area contributed by atoms with Crippen LogP contribution in [0.15, 0.2) is 48.5 Å². The van der Waals surface area contributed by atoms with Gasteiger partial charge in [0.05, 0.1) is 36.8 Å². The Morgan fingerprint density at radius 3 is 2.57 bits per heavy atom. The number of nitrogens with one attached hydrogen (secondary N) is 1. The first kappa shape index (κ1) is 20.4. The SMILES string of the molecule is C[C@H](C(=O)Nc1ccc(N2CCOCC2)cc1)N(C)Cc1nc2ccccc2n1C. The zero-order chi connectivity index (χ0) is 21.1. The van der Waals surface area contributed by atoms with Crippen LogP contribution in [0, 0.1) is 0 Å². The predicted octanol–water partition coefficient (Wildman–Crippen LogP) is 2.87. The molecule has 7 heteroatoms. The first-order valence-corrected chi connectivity index (χ1v) is 10.4. The average Bonchev–Trinajstić information content (AvgIpc) is 3.09. The van der Waals surface area contributed by atoms with Gasteiger partial charge in [-0.3, -0.25) is 9.69 Å². The van der Waals surface area contributed by atoms with Crippen molar-refractivity contribution < 1.29 is 9.53 Å². The second-order valence-corrected chi connectivity index (χ2v) is 7.80. The van der Waals surface area contributed by atoms with E-state index >= 15 is 0 Å². The van der Waals surface area contributed by atoms with E-state index in [0.717, 1.165) is 54.5 Å². The van der Waals surface area contributed by atoms with Crippen molar-refractivity contribution >= 4 is 28.3 Å². The number of fused-ring (bicyclic) bond motifs is 1. The summed E-state index contributed by atoms with van der Waals surface area (Å²) >= 11 is 0. The zero-order valence-electron chi connectivity index (χ0n) is 17.8. The van der Waals surface area contributed by atoms with E-state index in [1.54, 1.807) is 0 Å². The molecule has 1 N–H and O–H groups in total. The van der Waals surface area contributed by atoms with Crippen molar-refractivity contribution in [3.8, 4) is 0 Å². The highest BCUT2D eigenvalue weighted by molar-refractivity contribution is 5.94. The monoisotopic (exact) mass is 407 g/mol. The van der Waals surface area contributed by atoms with Crippen molar-refractivity contribution in [1.82, 2.24) is 14.5 Å². The largest absolute Gasteiger partial charge is 0.378 e. The summed E-state index contributed by atoms with van der Waals surface area (Å²) in [6.45, 7) is 5.82. The van der Waals surface area contributed by atoms with Gasteiger partial charge in [-0.1, -0.05) is 12.1 Å². The van der Waals surface area contributed by atoms with E-state index in [9.17, 15) is 4.79 Å². The van der Waals surface area contributed by atoms with Crippen LogP contribution >= 0.6 is 0 Å². The van der Waals surface area contributed by atoms with E-state index in [-0.39, 0.29) is 11.9 Å². The number of anilines is 2. The predicted molar refractivity (Wildman–Crippen MR) is 120 cm³/mol. The number of aromatic nitrogens is 2. The molecule has 1 atom stereocenters. The van der Waals surface area contributed by atoms with Crippen LogP contribution in [0.2, 0.25) is 0 Å². The van der Waals surface area contributed by atoms with Crippen molar-refractivity contribution in [3.05, 3.63) is 54.4 Å². The Morgan fingerprint density at radius 1 is 1.17 bits per heavy atom. The van der Waals surface area contributed by atoms with Gasteiger partial charge in [0.15, 0.2) is 0 Å². The molecule has 1 amide bonds. The topological polar surface area (TPSA) is 62.6 Å². The Morgan fingerprint density at radius 2 is 1.87 bits per heavy atom. The number of imidazole rings is 1. The Balaban J connectivity index is 1.37. The molecule has 1 aliphatic heterocycles. The van der Waals surface area contributed by atoms with Crippen molar-refractivity contribution in [2.24, 2.45) is 7.05 Å². The number of likely N-dealkylation sites (N-methyl/N-ethyl adjacent to an activating group) is 1. The fraction of sp³-hybridized carbons (Fsp3) is 0.391. The minimum absolute atomic E-state index is 0.0320. The average molecular weight is 408 g/mol. The summed E-state index contributed by atoms with van der Waals surface area (Å²) < 4.78 is 7.49. The molecule has 7 nitrogen and oxygen atoms in total. The highest BCUT2D eigenvalue weighted by atomic mass is 16.5. The summed E-state index contributed by atoms with van der Waals surface area (Å²) in [4.78, 5) is 21.8. The van der Waals surface area contributed by atoms with Crippen molar-refractivity contribution in [3.63, 3.8) is 0 Å². The quantitative estimate of drug-likeness (QED) is 0.681. The number of morpholine rings is 1. The Hall–Kier alpha value is -2.90. The van der Waals surface area contributed by atoms with Gasteiger partial charge in [-0.25, -0.2) is 4.98 Å². The number of carbonyl (C=O) groups is 1. The van der Waals surface area contributed by atoms with Gasteiger partial charge >= 0.3 is 0 Å². The van der Waals surface area contributed by atoms with E-state index < -0.39 is 0 Å². The number of nitrogens with zero attached hydrogens (tertiary/aromatic N) is 4. The van der Waals surface area contributed by atoms with Gasteiger partial charge < -0.3 is 19.5 Å². The van der Waals surface area contributed by atoms with Gasteiger partial charge in [0.25, 0.3) is 0 Å². The molecule has 3 aromatic rings. The standard InChI is InChI=1S/C23H29N5O2/c1-17(26(2)16-22-25-20-6-4-5-7-21(20)27(22)3)23(29)24-18-8-10-19(11-9-18)28-12-14-30-15-13-28/h4-11,17H,12-16H2,1-3H3,(H,24,29)/t17-/m1/s1. The molecule has 0 unspecified atom stereocenters. The second-order valence-electron chi connectivity index (χ2n) is 7.80. The van der Waals surface area contributed by atoms with Crippen LogP contribution < -0.4 is 10.2 Å². The number of aryl methyl sites for hydroxylation is 1. The number of rotatable bonds is 6. The van der Waals surface area contributed by atoms with Gasteiger partial charge in [-0.15, -0.1) is 0 Å². The van der Waals surface area contributed by atoms with E-state index in [1.807, 2.05) is 56.3 Å².